The summed E-state index contributed by atoms with van der Waals surface area (Å²) in [7, 11) is 1.66. The molecule has 0 saturated heterocycles. The van der Waals surface area contributed by atoms with Gasteiger partial charge in [0.1, 0.15) is 5.82 Å². The van der Waals surface area contributed by atoms with Gasteiger partial charge in [-0.25, -0.2) is 9.38 Å². The minimum atomic E-state index is -0.222. The highest BCUT2D eigenvalue weighted by Gasteiger charge is 2.01. The Kier molecular flexibility index (Phi) is 15.0. The van der Waals surface area contributed by atoms with Gasteiger partial charge in [0.15, 0.2) is 5.96 Å². The lowest BCUT2D eigenvalue weighted by atomic mass is 10.2. The molecule has 24 heavy (non-hydrogen) atoms. The standard InChI is InChI=1S/C17H28FN3O2.HI/c1-3-19-17(20-10-6-7-11-23-13-12-22-2)21-14-15-8-4-5-9-16(15)18;/h4-5,8-9H,3,6-7,10-14H2,1-2H3,(H2,19,20,21);1H. The topological polar surface area (TPSA) is 54.9 Å². The molecule has 5 nitrogen and oxygen atoms in total. The Morgan fingerprint density at radius 3 is 2.62 bits per heavy atom. The monoisotopic (exact) mass is 453 g/mol. The van der Waals surface area contributed by atoms with Crippen molar-refractivity contribution in [1.29, 1.82) is 0 Å². The SMILES string of the molecule is CCNC(=NCc1ccccc1F)NCCCCOCCOC.I. The average Bonchev–Trinajstić information content (AvgIpc) is 2.56. The third-order valence-electron chi connectivity index (χ3n) is 3.15. The first-order valence-electron chi connectivity index (χ1n) is 8.10. The largest absolute Gasteiger partial charge is 0.382 e. The Bertz CT molecular complexity index is 461. The second-order valence-electron chi connectivity index (χ2n) is 5.03. The molecule has 138 valence electrons. The molecule has 0 heterocycles. The Balaban J connectivity index is 0.00000529. The van der Waals surface area contributed by atoms with Crippen LogP contribution >= 0.6 is 24.0 Å². The molecule has 0 atom stereocenters. The molecule has 0 aliphatic rings. The number of hydrogen-bond donors (Lipinski definition) is 2. The zero-order chi connectivity index (χ0) is 16.8. The minimum absolute atomic E-state index is 0. The van der Waals surface area contributed by atoms with Gasteiger partial charge in [-0.15, -0.1) is 24.0 Å². The molecule has 0 aliphatic heterocycles. The predicted octanol–water partition coefficient (Wildman–Crippen LogP) is 2.94. The van der Waals surface area contributed by atoms with Gasteiger partial charge in [-0.3, -0.25) is 0 Å². The summed E-state index contributed by atoms with van der Waals surface area (Å²) < 4.78 is 23.9. The van der Waals surface area contributed by atoms with E-state index in [-0.39, 0.29) is 29.8 Å². The van der Waals surface area contributed by atoms with Crippen LogP contribution in [-0.4, -0.2) is 46.0 Å². The van der Waals surface area contributed by atoms with E-state index in [9.17, 15) is 4.39 Å². The van der Waals surface area contributed by atoms with Crippen LogP contribution in [0.4, 0.5) is 4.39 Å². The van der Waals surface area contributed by atoms with Gasteiger partial charge in [0.25, 0.3) is 0 Å². The Labute approximate surface area is 161 Å². The summed E-state index contributed by atoms with van der Waals surface area (Å²) in [5.74, 6) is 0.483. The summed E-state index contributed by atoms with van der Waals surface area (Å²) in [6, 6.07) is 6.70. The van der Waals surface area contributed by atoms with Crippen LogP contribution in [0.15, 0.2) is 29.3 Å². The highest BCUT2D eigenvalue weighted by molar-refractivity contribution is 14.0. The lowest BCUT2D eigenvalue weighted by Crippen LogP contribution is -2.37. The molecule has 0 saturated carbocycles. The maximum Gasteiger partial charge on any atom is 0.191 e. The van der Waals surface area contributed by atoms with Crippen molar-refractivity contribution in [2.24, 2.45) is 4.99 Å². The van der Waals surface area contributed by atoms with E-state index in [2.05, 4.69) is 15.6 Å². The van der Waals surface area contributed by atoms with Crippen LogP contribution in [0.2, 0.25) is 0 Å². The normalized spacial score (nSPS) is 11.0. The molecule has 0 aromatic heterocycles. The van der Waals surface area contributed by atoms with E-state index < -0.39 is 0 Å². The molecule has 0 unspecified atom stereocenters. The van der Waals surface area contributed by atoms with E-state index in [4.69, 9.17) is 9.47 Å². The molecule has 1 rings (SSSR count). The summed E-state index contributed by atoms with van der Waals surface area (Å²) in [5.41, 5.74) is 0.594. The van der Waals surface area contributed by atoms with Crippen LogP contribution in [0.3, 0.4) is 0 Å². The highest BCUT2D eigenvalue weighted by atomic mass is 127. The van der Waals surface area contributed by atoms with Gasteiger partial charge in [0.2, 0.25) is 0 Å². The van der Waals surface area contributed by atoms with E-state index >= 15 is 0 Å². The van der Waals surface area contributed by atoms with E-state index in [0.717, 1.165) is 32.5 Å². The van der Waals surface area contributed by atoms with Crippen molar-refractivity contribution in [2.45, 2.75) is 26.3 Å². The van der Waals surface area contributed by atoms with Gasteiger partial charge in [-0.2, -0.15) is 0 Å². The summed E-state index contributed by atoms with van der Waals surface area (Å²) in [6.45, 7) is 5.89. The van der Waals surface area contributed by atoms with Crippen molar-refractivity contribution in [3.8, 4) is 0 Å². The lowest BCUT2D eigenvalue weighted by Gasteiger charge is -2.11. The van der Waals surface area contributed by atoms with Crippen LogP contribution in [0, 0.1) is 5.82 Å². The number of unbranched alkanes of at least 4 members (excludes halogenated alkanes) is 1. The van der Waals surface area contributed by atoms with Crippen molar-refractivity contribution >= 4 is 29.9 Å². The fraction of sp³-hybridized carbons (Fsp3) is 0.588. The van der Waals surface area contributed by atoms with E-state index in [1.165, 1.54) is 6.07 Å². The van der Waals surface area contributed by atoms with Crippen LogP contribution < -0.4 is 10.6 Å². The molecule has 1 aromatic carbocycles. The number of nitrogens with zero attached hydrogens (tertiary/aromatic N) is 1. The van der Waals surface area contributed by atoms with Gasteiger partial charge in [-0.1, -0.05) is 18.2 Å². The molecule has 7 heteroatoms. The van der Waals surface area contributed by atoms with Gasteiger partial charge >= 0.3 is 0 Å². The minimum Gasteiger partial charge on any atom is -0.382 e. The quantitative estimate of drug-likeness (QED) is 0.234. The number of nitrogens with one attached hydrogen (secondary N) is 2. The molecular formula is C17H29FIN3O2. The first-order chi connectivity index (χ1) is 11.3. The predicted molar refractivity (Wildman–Crippen MR) is 107 cm³/mol. The number of aliphatic imine (C=N–C) groups is 1. The number of rotatable bonds is 11. The van der Waals surface area contributed by atoms with Crippen molar-refractivity contribution in [3.05, 3.63) is 35.6 Å². The van der Waals surface area contributed by atoms with Crippen molar-refractivity contribution in [1.82, 2.24) is 10.6 Å². The first-order valence-corrected chi connectivity index (χ1v) is 8.10. The Morgan fingerprint density at radius 1 is 1.12 bits per heavy atom. The van der Waals surface area contributed by atoms with E-state index in [0.29, 0.717) is 31.3 Å². The maximum atomic E-state index is 13.6. The summed E-state index contributed by atoms with van der Waals surface area (Å²) in [4.78, 5) is 4.41. The van der Waals surface area contributed by atoms with Crippen molar-refractivity contribution in [2.75, 3.05) is 40.0 Å². The van der Waals surface area contributed by atoms with Gasteiger partial charge in [-0.05, 0) is 25.8 Å². The Morgan fingerprint density at radius 2 is 1.92 bits per heavy atom. The highest BCUT2D eigenvalue weighted by Crippen LogP contribution is 2.07. The van der Waals surface area contributed by atoms with E-state index in [1.54, 1.807) is 19.2 Å². The second-order valence-corrected chi connectivity index (χ2v) is 5.03. The van der Waals surface area contributed by atoms with Gasteiger partial charge in [0.05, 0.1) is 19.8 Å². The van der Waals surface area contributed by atoms with Gasteiger partial charge < -0.3 is 20.1 Å². The summed E-state index contributed by atoms with van der Waals surface area (Å²) in [5, 5.41) is 6.41. The third kappa shape index (κ3) is 10.8. The number of halogens is 2. The third-order valence-corrected chi connectivity index (χ3v) is 3.15. The lowest BCUT2D eigenvalue weighted by molar-refractivity contribution is 0.0689. The fourth-order valence-corrected chi connectivity index (χ4v) is 1.91. The maximum absolute atomic E-state index is 13.6. The second kappa shape index (κ2) is 15.6. The molecular weight excluding hydrogens is 424 g/mol. The number of guanidine groups is 1. The Hall–Kier alpha value is -0.930. The zero-order valence-corrected chi connectivity index (χ0v) is 16.8. The smallest absolute Gasteiger partial charge is 0.191 e. The molecule has 0 aliphatic carbocycles. The molecule has 0 spiro atoms. The van der Waals surface area contributed by atoms with Crippen LogP contribution in [0.1, 0.15) is 25.3 Å². The molecule has 0 amide bonds. The van der Waals surface area contributed by atoms with Gasteiger partial charge in [0, 0.05) is 32.4 Å². The molecule has 2 N–H and O–H groups in total. The van der Waals surface area contributed by atoms with Crippen LogP contribution in [-0.2, 0) is 16.0 Å². The summed E-state index contributed by atoms with van der Waals surface area (Å²) >= 11 is 0. The van der Waals surface area contributed by atoms with E-state index in [1.807, 2.05) is 13.0 Å². The molecule has 0 radical (unpaired) electrons. The molecule has 1 aromatic rings. The molecule has 0 bridgehead atoms. The van der Waals surface area contributed by atoms with Crippen molar-refractivity contribution < 1.29 is 13.9 Å². The summed E-state index contributed by atoms with van der Waals surface area (Å²) in [6.07, 6.45) is 1.96. The average molecular weight is 453 g/mol. The number of hydrogen-bond acceptors (Lipinski definition) is 3. The fourth-order valence-electron chi connectivity index (χ4n) is 1.91. The number of benzene rings is 1. The van der Waals surface area contributed by atoms with Crippen LogP contribution in [0.25, 0.3) is 0 Å². The zero-order valence-electron chi connectivity index (χ0n) is 14.5. The number of methoxy groups -OCH3 is 1. The number of ether oxygens (including phenoxy) is 2. The molecule has 0 fully saturated rings. The van der Waals surface area contributed by atoms with Crippen molar-refractivity contribution in [3.63, 3.8) is 0 Å². The van der Waals surface area contributed by atoms with Crippen LogP contribution in [0.5, 0.6) is 0 Å². The first kappa shape index (κ1) is 23.1.